The van der Waals surface area contributed by atoms with Gasteiger partial charge in [-0.1, -0.05) is 23.8 Å². The Morgan fingerprint density at radius 2 is 1.89 bits per heavy atom. The molecule has 0 spiro atoms. The molecule has 0 bridgehead atoms. The van der Waals surface area contributed by atoms with Crippen LogP contribution in [0.15, 0.2) is 51.8 Å². The van der Waals surface area contributed by atoms with Crippen LogP contribution in [0.1, 0.15) is 11.1 Å². The summed E-state index contributed by atoms with van der Waals surface area (Å²) in [6.45, 7) is 2.05. The van der Waals surface area contributed by atoms with Gasteiger partial charge in [0.15, 0.2) is 0 Å². The largest absolute Gasteiger partial charge is 0.283 e. The van der Waals surface area contributed by atoms with Gasteiger partial charge in [0, 0.05) is 16.7 Å². The number of nitro benzene ring substituents is 1. The van der Waals surface area contributed by atoms with Crippen molar-refractivity contribution in [1.82, 2.24) is 0 Å². The summed E-state index contributed by atoms with van der Waals surface area (Å²) in [5.74, 6) is 0.719. The molecule has 0 radical (unpaired) electrons. The van der Waals surface area contributed by atoms with Crippen molar-refractivity contribution >= 4 is 33.4 Å². The first-order valence-corrected chi connectivity index (χ1v) is 7.46. The second-order valence-electron chi connectivity index (χ2n) is 4.14. The Labute approximate surface area is 124 Å². The molecule has 5 heteroatoms. The van der Waals surface area contributed by atoms with Gasteiger partial charge in [-0.2, -0.15) is 0 Å². The van der Waals surface area contributed by atoms with Crippen molar-refractivity contribution in [2.75, 3.05) is 0 Å². The van der Waals surface area contributed by atoms with E-state index in [0.717, 1.165) is 16.2 Å². The summed E-state index contributed by atoms with van der Waals surface area (Å²) < 4.78 is 0.515. The minimum absolute atomic E-state index is 0.113. The van der Waals surface area contributed by atoms with Crippen molar-refractivity contribution in [3.63, 3.8) is 0 Å². The zero-order valence-corrected chi connectivity index (χ0v) is 12.7. The van der Waals surface area contributed by atoms with Crippen LogP contribution in [0.5, 0.6) is 0 Å². The molecule has 19 heavy (non-hydrogen) atoms. The minimum Gasteiger partial charge on any atom is -0.258 e. The van der Waals surface area contributed by atoms with Gasteiger partial charge in [0.2, 0.25) is 0 Å². The van der Waals surface area contributed by atoms with E-state index in [2.05, 4.69) is 40.2 Å². The molecule has 98 valence electrons. The molecule has 0 heterocycles. The summed E-state index contributed by atoms with van der Waals surface area (Å²) in [6.07, 6.45) is 0. The summed E-state index contributed by atoms with van der Waals surface area (Å²) in [7, 11) is 0. The highest BCUT2D eigenvalue weighted by Gasteiger charge is 2.12. The van der Waals surface area contributed by atoms with E-state index in [9.17, 15) is 10.1 Å². The first kappa shape index (κ1) is 14.1. The fourth-order valence-electron chi connectivity index (χ4n) is 1.59. The van der Waals surface area contributed by atoms with Crippen LogP contribution in [0.2, 0.25) is 0 Å². The Morgan fingerprint density at radius 1 is 1.21 bits per heavy atom. The van der Waals surface area contributed by atoms with Crippen molar-refractivity contribution in [2.45, 2.75) is 17.6 Å². The van der Waals surface area contributed by atoms with Crippen LogP contribution >= 0.6 is 27.7 Å². The molecule has 0 amide bonds. The highest BCUT2D eigenvalue weighted by molar-refractivity contribution is 9.10. The molecule has 0 aliphatic heterocycles. The van der Waals surface area contributed by atoms with E-state index in [1.165, 1.54) is 5.56 Å². The first-order valence-electron chi connectivity index (χ1n) is 5.68. The molecule has 2 aromatic carbocycles. The summed E-state index contributed by atoms with van der Waals surface area (Å²) >= 11 is 4.86. The molecule has 0 aliphatic carbocycles. The van der Waals surface area contributed by atoms with Gasteiger partial charge in [0.25, 0.3) is 5.69 Å². The van der Waals surface area contributed by atoms with E-state index >= 15 is 0 Å². The number of thioether (sulfide) groups is 1. The van der Waals surface area contributed by atoms with Crippen LogP contribution < -0.4 is 0 Å². The van der Waals surface area contributed by atoms with E-state index in [0.29, 0.717) is 4.47 Å². The molecule has 0 atom stereocenters. The van der Waals surface area contributed by atoms with Gasteiger partial charge in [-0.15, -0.1) is 11.8 Å². The molecule has 0 fully saturated rings. The van der Waals surface area contributed by atoms with Crippen LogP contribution in [0.25, 0.3) is 0 Å². The van der Waals surface area contributed by atoms with Crippen molar-refractivity contribution in [1.29, 1.82) is 0 Å². The fourth-order valence-corrected chi connectivity index (χ4v) is 2.82. The molecule has 0 aliphatic rings. The lowest BCUT2D eigenvalue weighted by Crippen LogP contribution is -1.91. The Bertz CT molecular complexity index is 599. The van der Waals surface area contributed by atoms with E-state index in [4.69, 9.17) is 0 Å². The van der Waals surface area contributed by atoms with Gasteiger partial charge in [0.05, 0.1) is 9.40 Å². The Hall–Kier alpha value is -1.33. The Kier molecular flexibility index (Phi) is 4.61. The molecule has 0 unspecified atom stereocenters. The molecule has 0 N–H and O–H groups in total. The van der Waals surface area contributed by atoms with Gasteiger partial charge in [-0.3, -0.25) is 10.1 Å². The molecular weight excluding hydrogens is 326 g/mol. The normalized spacial score (nSPS) is 10.4. The van der Waals surface area contributed by atoms with E-state index in [-0.39, 0.29) is 10.6 Å². The quantitative estimate of drug-likeness (QED) is 0.450. The number of nitrogens with zero attached hydrogens (tertiary/aromatic N) is 1. The predicted molar refractivity (Wildman–Crippen MR) is 81.5 cm³/mol. The van der Waals surface area contributed by atoms with Gasteiger partial charge >= 0.3 is 0 Å². The van der Waals surface area contributed by atoms with Gasteiger partial charge in [-0.25, -0.2) is 0 Å². The van der Waals surface area contributed by atoms with E-state index in [1.807, 2.05) is 13.0 Å². The predicted octanol–water partition coefficient (Wildman–Crippen LogP) is 4.96. The standard InChI is InChI=1S/C14H12BrNO2S/c1-10-2-5-12(6-3-10)19-9-11-4-7-13(15)14(8-11)16(17)18/h2-8H,9H2,1H3. The number of rotatable bonds is 4. The van der Waals surface area contributed by atoms with Crippen LogP contribution in [0.4, 0.5) is 5.69 Å². The fraction of sp³-hybridized carbons (Fsp3) is 0.143. The number of halogens is 1. The summed E-state index contributed by atoms with van der Waals surface area (Å²) in [5, 5.41) is 10.9. The lowest BCUT2D eigenvalue weighted by atomic mass is 10.2. The minimum atomic E-state index is -0.371. The average molecular weight is 338 g/mol. The highest BCUT2D eigenvalue weighted by atomic mass is 79.9. The highest BCUT2D eigenvalue weighted by Crippen LogP contribution is 2.29. The number of hydrogen-bond acceptors (Lipinski definition) is 3. The summed E-state index contributed by atoms with van der Waals surface area (Å²) in [5.41, 5.74) is 2.28. The SMILES string of the molecule is Cc1ccc(SCc2ccc(Br)c([N+](=O)[O-])c2)cc1. The zero-order chi connectivity index (χ0) is 13.8. The molecular formula is C14H12BrNO2S. The van der Waals surface area contributed by atoms with Crippen LogP contribution in [-0.4, -0.2) is 4.92 Å². The Morgan fingerprint density at radius 3 is 2.53 bits per heavy atom. The molecule has 0 saturated heterocycles. The van der Waals surface area contributed by atoms with Crippen molar-refractivity contribution in [2.24, 2.45) is 0 Å². The van der Waals surface area contributed by atoms with Gasteiger partial charge in [0.1, 0.15) is 0 Å². The maximum Gasteiger partial charge on any atom is 0.283 e. The van der Waals surface area contributed by atoms with Crippen LogP contribution in [0, 0.1) is 17.0 Å². The van der Waals surface area contributed by atoms with E-state index < -0.39 is 0 Å². The smallest absolute Gasteiger partial charge is 0.258 e. The third-order valence-electron chi connectivity index (χ3n) is 2.63. The molecule has 2 rings (SSSR count). The van der Waals surface area contributed by atoms with Crippen LogP contribution in [0.3, 0.4) is 0 Å². The number of benzene rings is 2. The number of hydrogen-bond donors (Lipinski definition) is 0. The molecule has 3 nitrogen and oxygen atoms in total. The van der Waals surface area contributed by atoms with Crippen LogP contribution in [-0.2, 0) is 5.75 Å². The maximum atomic E-state index is 10.9. The molecule has 2 aromatic rings. The third kappa shape index (κ3) is 3.81. The van der Waals surface area contributed by atoms with Crippen molar-refractivity contribution < 1.29 is 4.92 Å². The second-order valence-corrected chi connectivity index (χ2v) is 6.05. The lowest BCUT2D eigenvalue weighted by Gasteiger charge is -2.03. The topological polar surface area (TPSA) is 43.1 Å². The summed E-state index contributed by atoms with van der Waals surface area (Å²) in [6, 6.07) is 13.5. The summed E-state index contributed by atoms with van der Waals surface area (Å²) in [4.78, 5) is 11.6. The van der Waals surface area contributed by atoms with Gasteiger partial charge < -0.3 is 0 Å². The Balaban J connectivity index is 2.09. The number of aryl methyl sites for hydroxylation is 1. The molecule has 0 aromatic heterocycles. The van der Waals surface area contributed by atoms with Crippen molar-refractivity contribution in [3.8, 4) is 0 Å². The monoisotopic (exact) mass is 337 g/mol. The van der Waals surface area contributed by atoms with Gasteiger partial charge in [-0.05, 0) is 46.6 Å². The second kappa shape index (κ2) is 6.21. The third-order valence-corrected chi connectivity index (χ3v) is 4.39. The average Bonchev–Trinajstić information content (AvgIpc) is 2.39. The number of nitro groups is 1. The van der Waals surface area contributed by atoms with E-state index in [1.54, 1.807) is 23.9 Å². The first-order chi connectivity index (χ1) is 9.06. The van der Waals surface area contributed by atoms with Crippen molar-refractivity contribution in [3.05, 3.63) is 68.2 Å². The molecule has 0 saturated carbocycles. The zero-order valence-electron chi connectivity index (χ0n) is 10.3. The lowest BCUT2D eigenvalue weighted by molar-refractivity contribution is -0.385. The maximum absolute atomic E-state index is 10.9.